The van der Waals surface area contributed by atoms with E-state index in [4.69, 9.17) is 0 Å². The zero-order chi connectivity index (χ0) is 13.3. The van der Waals surface area contributed by atoms with Gasteiger partial charge in [-0.25, -0.2) is 8.42 Å². The van der Waals surface area contributed by atoms with Crippen molar-refractivity contribution in [3.05, 3.63) is 84.7 Å². The first-order valence-corrected chi connectivity index (χ1v) is 6.35. The SMILES string of the molecule is C=C/C=C\C=C(/C=C)S(=O)(=O)/C(C=C)=C/C=C. The summed E-state index contributed by atoms with van der Waals surface area (Å²) in [7, 11) is -3.58. The third-order valence-electron chi connectivity index (χ3n) is 1.81. The molecule has 0 spiro atoms. The van der Waals surface area contributed by atoms with Gasteiger partial charge in [0.1, 0.15) is 0 Å². The van der Waals surface area contributed by atoms with Crippen LogP contribution in [-0.2, 0) is 9.84 Å². The quantitative estimate of drug-likeness (QED) is 0.646. The molecule has 0 aliphatic rings. The van der Waals surface area contributed by atoms with Gasteiger partial charge in [0, 0.05) is 0 Å². The van der Waals surface area contributed by atoms with Crippen molar-refractivity contribution in [1.29, 1.82) is 0 Å². The molecule has 90 valence electrons. The fourth-order valence-electron chi connectivity index (χ4n) is 1.02. The van der Waals surface area contributed by atoms with E-state index >= 15 is 0 Å². The Balaban J connectivity index is 5.62. The summed E-state index contributed by atoms with van der Waals surface area (Å²) in [5, 5.41) is 0. The minimum atomic E-state index is -3.58. The molecule has 0 aromatic heterocycles. The molecule has 0 aliphatic carbocycles. The van der Waals surface area contributed by atoms with Crippen LogP contribution >= 0.6 is 0 Å². The van der Waals surface area contributed by atoms with Crippen molar-refractivity contribution in [2.24, 2.45) is 0 Å². The van der Waals surface area contributed by atoms with Gasteiger partial charge < -0.3 is 0 Å². The van der Waals surface area contributed by atoms with Gasteiger partial charge in [0.2, 0.25) is 9.84 Å². The maximum absolute atomic E-state index is 12.1. The zero-order valence-electron chi connectivity index (χ0n) is 9.67. The summed E-state index contributed by atoms with van der Waals surface area (Å²) >= 11 is 0. The summed E-state index contributed by atoms with van der Waals surface area (Å²) in [6.45, 7) is 13.9. The molecule has 0 unspecified atom stereocenters. The molecular weight excluding hydrogens is 232 g/mol. The Hall–Kier alpha value is -1.87. The van der Waals surface area contributed by atoms with Crippen LogP contribution in [0.3, 0.4) is 0 Å². The number of allylic oxidation sites excluding steroid dienone is 8. The molecule has 0 aromatic carbocycles. The van der Waals surface area contributed by atoms with Gasteiger partial charge in [-0.3, -0.25) is 0 Å². The minimum Gasteiger partial charge on any atom is -0.219 e. The van der Waals surface area contributed by atoms with Gasteiger partial charge in [-0.15, -0.1) is 0 Å². The molecule has 0 heterocycles. The summed E-state index contributed by atoms with van der Waals surface area (Å²) < 4.78 is 24.2. The van der Waals surface area contributed by atoms with Crippen LogP contribution in [-0.4, -0.2) is 8.42 Å². The first-order valence-electron chi connectivity index (χ1n) is 4.86. The van der Waals surface area contributed by atoms with Gasteiger partial charge in [-0.1, -0.05) is 62.8 Å². The number of rotatable bonds is 7. The Morgan fingerprint density at radius 1 is 0.765 bits per heavy atom. The van der Waals surface area contributed by atoms with Crippen molar-refractivity contribution in [3.63, 3.8) is 0 Å². The lowest BCUT2D eigenvalue weighted by Crippen LogP contribution is -2.03. The highest BCUT2D eigenvalue weighted by atomic mass is 32.2. The summed E-state index contributed by atoms with van der Waals surface area (Å²) in [6.07, 6.45) is 11.5. The van der Waals surface area contributed by atoms with Crippen molar-refractivity contribution < 1.29 is 8.42 Å². The minimum absolute atomic E-state index is 0.0886. The summed E-state index contributed by atoms with van der Waals surface area (Å²) in [5.41, 5.74) is 0. The van der Waals surface area contributed by atoms with Gasteiger partial charge >= 0.3 is 0 Å². The van der Waals surface area contributed by atoms with Crippen LogP contribution in [0.5, 0.6) is 0 Å². The molecule has 0 aromatic rings. The van der Waals surface area contributed by atoms with Gasteiger partial charge in [0.25, 0.3) is 0 Å². The maximum Gasteiger partial charge on any atom is 0.206 e. The van der Waals surface area contributed by atoms with E-state index in [-0.39, 0.29) is 9.81 Å². The van der Waals surface area contributed by atoms with Crippen LogP contribution in [0.4, 0.5) is 0 Å². The molecule has 0 saturated carbocycles. The van der Waals surface area contributed by atoms with Crippen LogP contribution < -0.4 is 0 Å². The molecule has 0 radical (unpaired) electrons. The zero-order valence-corrected chi connectivity index (χ0v) is 10.5. The average Bonchev–Trinajstić information content (AvgIpc) is 2.31. The topological polar surface area (TPSA) is 34.1 Å². The van der Waals surface area contributed by atoms with Crippen molar-refractivity contribution in [3.8, 4) is 0 Å². The summed E-state index contributed by atoms with van der Waals surface area (Å²) in [5.74, 6) is 0. The molecule has 0 atom stereocenters. The van der Waals surface area contributed by atoms with Crippen molar-refractivity contribution >= 4 is 9.84 Å². The van der Waals surface area contributed by atoms with Gasteiger partial charge in [-0.05, 0) is 12.2 Å². The lowest BCUT2D eigenvalue weighted by atomic mass is 10.4. The highest BCUT2D eigenvalue weighted by molar-refractivity contribution is 7.99. The second-order valence-corrected chi connectivity index (χ2v) is 4.86. The molecule has 0 rings (SSSR count). The van der Waals surface area contributed by atoms with E-state index in [1.165, 1.54) is 30.4 Å². The second-order valence-electron chi connectivity index (χ2n) is 2.91. The smallest absolute Gasteiger partial charge is 0.206 e. The largest absolute Gasteiger partial charge is 0.219 e. The van der Waals surface area contributed by atoms with Crippen LogP contribution in [0.25, 0.3) is 0 Å². The fourth-order valence-corrected chi connectivity index (χ4v) is 2.26. The Morgan fingerprint density at radius 3 is 1.71 bits per heavy atom. The van der Waals surface area contributed by atoms with Crippen LogP contribution in [0, 0.1) is 0 Å². The van der Waals surface area contributed by atoms with E-state index in [0.717, 1.165) is 0 Å². The third-order valence-corrected chi connectivity index (χ3v) is 3.66. The Morgan fingerprint density at radius 2 is 1.29 bits per heavy atom. The third kappa shape index (κ3) is 4.25. The second kappa shape index (κ2) is 7.41. The molecule has 0 N–H and O–H groups in total. The summed E-state index contributed by atoms with van der Waals surface area (Å²) in [4.78, 5) is 0.189. The van der Waals surface area contributed by atoms with E-state index in [0.29, 0.717) is 0 Å². The van der Waals surface area contributed by atoms with E-state index in [2.05, 4.69) is 26.3 Å². The maximum atomic E-state index is 12.1. The van der Waals surface area contributed by atoms with Crippen molar-refractivity contribution in [2.75, 3.05) is 0 Å². The molecule has 0 aliphatic heterocycles. The molecule has 0 bridgehead atoms. The number of hydrogen-bond acceptors (Lipinski definition) is 2. The van der Waals surface area contributed by atoms with E-state index < -0.39 is 9.84 Å². The van der Waals surface area contributed by atoms with Gasteiger partial charge in [-0.2, -0.15) is 0 Å². The number of hydrogen-bond donors (Lipinski definition) is 0. The molecule has 17 heavy (non-hydrogen) atoms. The molecule has 0 saturated heterocycles. The van der Waals surface area contributed by atoms with E-state index in [1.807, 2.05) is 0 Å². The molecule has 0 fully saturated rings. The van der Waals surface area contributed by atoms with Crippen molar-refractivity contribution in [1.82, 2.24) is 0 Å². The lowest BCUT2D eigenvalue weighted by molar-refractivity contribution is 0.609. The first kappa shape index (κ1) is 15.1. The monoisotopic (exact) mass is 248 g/mol. The molecular formula is C14H16O2S. The Labute approximate surface area is 103 Å². The van der Waals surface area contributed by atoms with E-state index in [1.54, 1.807) is 18.2 Å². The molecule has 2 nitrogen and oxygen atoms in total. The lowest BCUT2D eigenvalue weighted by Gasteiger charge is -2.04. The average molecular weight is 248 g/mol. The number of sulfone groups is 1. The highest BCUT2D eigenvalue weighted by Gasteiger charge is 2.17. The highest BCUT2D eigenvalue weighted by Crippen LogP contribution is 2.19. The normalized spacial score (nSPS) is 13.4. The van der Waals surface area contributed by atoms with Gasteiger partial charge in [0.05, 0.1) is 9.81 Å². The van der Waals surface area contributed by atoms with E-state index in [9.17, 15) is 8.42 Å². The predicted octanol–water partition coefficient (Wildman–Crippen LogP) is 3.47. The molecule has 3 heteroatoms. The van der Waals surface area contributed by atoms with Gasteiger partial charge in [0.15, 0.2) is 0 Å². The Kier molecular flexibility index (Phi) is 6.60. The van der Waals surface area contributed by atoms with Crippen LogP contribution in [0.1, 0.15) is 0 Å². The summed E-state index contributed by atoms with van der Waals surface area (Å²) in [6, 6.07) is 0. The first-order chi connectivity index (χ1) is 8.04. The van der Waals surface area contributed by atoms with Crippen molar-refractivity contribution in [2.45, 2.75) is 0 Å². The fraction of sp³-hybridized carbons (Fsp3) is 0. The standard InChI is InChI=1S/C14H16O2S/c1-5-9-10-12-14(8-4)17(15,16)13(7-3)11-6-2/h5-12H,1-4H2/b10-9-,13-11+,14-12+. The molecule has 0 amide bonds. The Bertz CT molecular complexity index is 500. The predicted molar refractivity (Wildman–Crippen MR) is 75.0 cm³/mol. The van der Waals surface area contributed by atoms with Crippen LogP contribution in [0.15, 0.2) is 84.7 Å². The van der Waals surface area contributed by atoms with Crippen LogP contribution in [0.2, 0.25) is 0 Å².